The number of nitrogens with zero attached hydrogens (tertiary/aromatic N) is 3. The second-order valence-corrected chi connectivity index (χ2v) is 7.07. The summed E-state index contributed by atoms with van der Waals surface area (Å²) in [6.45, 7) is 0.0299. The van der Waals surface area contributed by atoms with Crippen molar-refractivity contribution in [1.82, 2.24) is 14.5 Å². The molecule has 0 amide bonds. The molecular weight excluding hydrogens is 385 g/mol. The molecule has 0 aliphatic rings. The lowest BCUT2D eigenvalue weighted by molar-refractivity contribution is 0.597. The largest absolute Gasteiger partial charge is 0.288 e. The molecule has 0 saturated heterocycles. The predicted molar refractivity (Wildman–Crippen MR) is 89.3 cm³/mol. The Kier molecular flexibility index (Phi) is 4.36. The number of hydrogen-bond donors (Lipinski definition) is 0. The SMILES string of the molecule is CS(=O)c1ncc2ccc(=O)n(Cc3ccc(Br)cc3F)c2n1. The smallest absolute Gasteiger partial charge is 0.252 e. The molecular formula is C15H11BrFN3O2S. The molecule has 0 radical (unpaired) electrons. The highest BCUT2D eigenvalue weighted by Crippen LogP contribution is 2.17. The van der Waals surface area contributed by atoms with Gasteiger partial charge >= 0.3 is 0 Å². The Bertz CT molecular complexity index is 990. The maximum atomic E-state index is 14.0. The van der Waals surface area contributed by atoms with E-state index in [0.29, 0.717) is 21.1 Å². The van der Waals surface area contributed by atoms with E-state index >= 15 is 0 Å². The highest BCUT2D eigenvalue weighted by molar-refractivity contribution is 9.10. The van der Waals surface area contributed by atoms with Crippen LogP contribution < -0.4 is 5.56 Å². The highest BCUT2D eigenvalue weighted by Gasteiger charge is 2.11. The summed E-state index contributed by atoms with van der Waals surface area (Å²) in [6.07, 6.45) is 2.97. The topological polar surface area (TPSA) is 64.8 Å². The van der Waals surface area contributed by atoms with E-state index in [-0.39, 0.29) is 17.3 Å². The number of rotatable bonds is 3. The van der Waals surface area contributed by atoms with Crippen molar-refractivity contribution in [3.63, 3.8) is 0 Å². The van der Waals surface area contributed by atoms with Gasteiger partial charge in [0.15, 0.2) is 0 Å². The summed E-state index contributed by atoms with van der Waals surface area (Å²) < 4.78 is 27.6. The Hall–Kier alpha value is -1.93. The second-order valence-electron chi connectivity index (χ2n) is 4.88. The molecule has 0 bridgehead atoms. The number of benzene rings is 1. The summed E-state index contributed by atoms with van der Waals surface area (Å²) in [5.74, 6) is -0.420. The quantitative estimate of drug-likeness (QED) is 0.639. The molecule has 118 valence electrons. The third kappa shape index (κ3) is 3.23. The summed E-state index contributed by atoms with van der Waals surface area (Å²) in [5, 5.41) is 0.754. The minimum Gasteiger partial charge on any atom is -0.288 e. The van der Waals surface area contributed by atoms with E-state index in [9.17, 15) is 13.4 Å². The molecule has 8 heteroatoms. The molecule has 2 aromatic heterocycles. The van der Waals surface area contributed by atoms with Gasteiger partial charge in [-0.05, 0) is 18.2 Å². The molecule has 1 aromatic carbocycles. The molecule has 0 aliphatic heterocycles. The molecule has 23 heavy (non-hydrogen) atoms. The number of fused-ring (bicyclic) bond motifs is 1. The normalized spacial score (nSPS) is 12.5. The summed E-state index contributed by atoms with van der Waals surface area (Å²) in [5.41, 5.74) is 0.381. The number of hydrogen-bond acceptors (Lipinski definition) is 4. The standard InChI is InChI=1S/C15H11BrFN3O2S/c1-23(22)15-18-7-9-3-5-13(21)20(14(9)19-15)8-10-2-4-11(16)6-12(10)17/h2-7H,8H2,1H3. The first kappa shape index (κ1) is 15.9. The minimum atomic E-state index is -1.37. The van der Waals surface area contributed by atoms with E-state index in [1.54, 1.807) is 18.2 Å². The molecule has 2 heterocycles. The van der Waals surface area contributed by atoms with Crippen molar-refractivity contribution >= 4 is 37.8 Å². The fourth-order valence-corrected chi connectivity index (χ4v) is 2.92. The van der Waals surface area contributed by atoms with Crippen molar-refractivity contribution < 1.29 is 8.60 Å². The Morgan fingerprint density at radius 3 is 2.78 bits per heavy atom. The number of halogens is 2. The Balaban J connectivity index is 2.19. The molecule has 0 fully saturated rings. The van der Waals surface area contributed by atoms with Gasteiger partial charge in [-0.1, -0.05) is 22.0 Å². The van der Waals surface area contributed by atoms with Crippen LogP contribution in [-0.4, -0.2) is 25.0 Å². The minimum absolute atomic E-state index is 0.0299. The summed E-state index contributed by atoms with van der Waals surface area (Å²) >= 11 is 3.20. The van der Waals surface area contributed by atoms with Crippen LogP contribution in [0, 0.1) is 5.82 Å². The molecule has 3 aromatic rings. The third-order valence-electron chi connectivity index (χ3n) is 3.30. The van der Waals surface area contributed by atoms with Gasteiger partial charge < -0.3 is 0 Å². The lowest BCUT2D eigenvalue weighted by Gasteiger charge is -2.10. The van der Waals surface area contributed by atoms with Crippen LogP contribution in [0.4, 0.5) is 4.39 Å². The monoisotopic (exact) mass is 395 g/mol. The average molecular weight is 396 g/mol. The average Bonchev–Trinajstić information content (AvgIpc) is 2.51. The fourth-order valence-electron chi connectivity index (χ4n) is 2.17. The molecule has 3 rings (SSSR count). The molecule has 1 atom stereocenters. The van der Waals surface area contributed by atoms with Crippen LogP contribution in [-0.2, 0) is 17.3 Å². The molecule has 0 aliphatic carbocycles. The summed E-state index contributed by atoms with van der Waals surface area (Å²) in [4.78, 5) is 20.4. The van der Waals surface area contributed by atoms with Crippen molar-refractivity contribution in [2.24, 2.45) is 0 Å². The van der Waals surface area contributed by atoms with E-state index < -0.39 is 16.6 Å². The van der Waals surface area contributed by atoms with Crippen LogP contribution in [0.3, 0.4) is 0 Å². The first-order chi connectivity index (χ1) is 11.0. The number of aromatic nitrogens is 3. The first-order valence-corrected chi connectivity index (χ1v) is 8.95. The lowest BCUT2D eigenvalue weighted by Crippen LogP contribution is -2.21. The van der Waals surface area contributed by atoms with Crippen LogP contribution in [0.2, 0.25) is 0 Å². The zero-order valence-corrected chi connectivity index (χ0v) is 14.4. The Labute approximate surface area is 141 Å². The van der Waals surface area contributed by atoms with Gasteiger partial charge in [0, 0.05) is 33.9 Å². The van der Waals surface area contributed by atoms with Gasteiger partial charge in [0.2, 0.25) is 5.16 Å². The van der Waals surface area contributed by atoms with E-state index in [1.165, 1.54) is 29.2 Å². The predicted octanol–water partition coefficient (Wildman–Crippen LogP) is 2.48. The first-order valence-electron chi connectivity index (χ1n) is 6.59. The lowest BCUT2D eigenvalue weighted by atomic mass is 10.2. The van der Waals surface area contributed by atoms with Gasteiger partial charge in [0.05, 0.1) is 17.3 Å². The van der Waals surface area contributed by atoms with E-state index in [1.807, 2.05) is 0 Å². The summed E-state index contributed by atoms with van der Waals surface area (Å²) in [6, 6.07) is 7.62. The molecule has 0 N–H and O–H groups in total. The zero-order valence-electron chi connectivity index (χ0n) is 12.0. The highest BCUT2D eigenvalue weighted by atomic mass is 79.9. The van der Waals surface area contributed by atoms with Crippen molar-refractivity contribution in [3.8, 4) is 0 Å². The van der Waals surface area contributed by atoms with Crippen molar-refractivity contribution in [2.75, 3.05) is 6.26 Å². The van der Waals surface area contributed by atoms with Gasteiger partial charge in [-0.3, -0.25) is 13.6 Å². The number of pyridine rings is 1. The third-order valence-corrected chi connectivity index (χ3v) is 4.51. The van der Waals surface area contributed by atoms with Gasteiger partial charge in [0.1, 0.15) is 11.5 Å². The maximum Gasteiger partial charge on any atom is 0.252 e. The van der Waals surface area contributed by atoms with Gasteiger partial charge in [-0.25, -0.2) is 14.4 Å². The molecule has 1 unspecified atom stereocenters. The zero-order chi connectivity index (χ0) is 16.6. The van der Waals surface area contributed by atoms with Gasteiger partial charge in [-0.15, -0.1) is 0 Å². The second kappa shape index (κ2) is 6.29. The summed E-state index contributed by atoms with van der Waals surface area (Å²) in [7, 11) is -1.37. The Morgan fingerprint density at radius 1 is 1.30 bits per heavy atom. The molecule has 5 nitrogen and oxygen atoms in total. The van der Waals surface area contributed by atoms with Gasteiger partial charge in [-0.2, -0.15) is 0 Å². The van der Waals surface area contributed by atoms with Gasteiger partial charge in [0.25, 0.3) is 5.56 Å². The molecule has 0 spiro atoms. The van der Waals surface area contributed by atoms with Crippen LogP contribution >= 0.6 is 15.9 Å². The van der Waals surface area contributed by atoms with E-state index in [4.69, 9.17) is 0 Å². The van der Waals surface area contributed by atoms with Crippen LogP contribution in [0.5, 0.6) is 0 Å². The van der Waals surface area contributed by atoms with Crippen molar-refractivity contribution in [2.45, 2.75) is 11.7 Å². The Morgan fingerprint density at radius 2 is 2.09 bits per heavy atom. The maximum absolute atomic E-state index is 14.0. The van der Waals surface area contributed by atoms with Crippen LogP contribution in [0.15, 0.2) is 51.0 Å². The fraction of sp³-hybridized carbons (Fsp3) is 0.133. The molecule has 0 saturated carbocycles. The van der Waals surface area contributed by atoms with Crippen LogP contribution in [0.1, 0.15) is 5.56 Å². The van der Waals surface area contributed by atoms with E-state index in [2.05, 4.69) is 25.9 Å². The van der Waals surface area contributed by atoms with Crippen molar-refractivity contribution in [3.05, 3.63) is 62.7 Å². The van der Waals surface area contributed by atoms with Crippen molar-refractivity contribution in [1.29, 1.82) is 0 Å². The van der Waals surface area contributed by atoms with E-state index in [0.717, 1.165) is 0 Å². The van der Waals surface area contributed by atoms with Crippen LogP contribution in [0.25, 0.3) is 11.0 Å².